The van der Waals surface area contributed by atoms with E-state index >= 15 is 0 Å². The fourth-order valence-corrected chi connectivity index (χ4v) is 4.07. The number of hydrogen-bond acceptors (Lipinski definition) is 4. The number of benzene rings is 3. The largest absolute Gasteiger partial charge is 0.323 e. The second-order valence-electron chi connectivity index (χ2n) is 7.28. The summed E-state index contributed by atoms with van der Waals surface area (Å²) in [5.41, 5.74) is 2.08. The van der Waals surface area contributed by atoms with Crippen LogP contribution >= 0.6 is 0 Å². The van der Waals surface area contributed by atoms with Gasteiger partial charge in [-0.25, -0.2) is 17.9 Å². The Bertz CT molecular complexity index is 1180. The van der Waals surface area contributed by atoms with E-state index in [1.807, 2.05) is 18.2 Å². The third-order valence-corrected chi connectivity index (χ3v) is 5.92. The van der Waals surface area contributed by atoms with E-state index < -0.39 is 10.0 Å². The Morgan fingerprint density at radius 1 is 0.688 bits per heavy atom. The molecule has 0 unspecified atom stereocenters. The Labute approximate surface area is 187 Å². The maximum absolute atomic E-state index is 12.5. The molecule has 3 aromatic carbocycles. The van der Waals surface area contributed by atoms with Gasteiger partial charge in [0.25, 0.3) is 5.91 Å². The molecule has 0 radical (unpaired) electrons. The Balaban J connectivity index is 1.58. The minimum atomic E-state index is -3.62. The van der Waals surface area contributed by atoms with Crippen molar-refractivity contribution < 1.29 is 18.0 Å². The second kappa shape index (κ2) is 10.1. The van der Waals surface area contributed by atoms with Crippen LogP contribution in [0.3, 0.4) is 0 Å². The van der Waals surface area contributed by atoms with Gasteiger partial charge in [-0.15, -0.1) is 0 Å². The second-order valence-corrected chi connectivity index (χ2v) is 8.99. The highest BCUT2D eigenvalue weighted by Crippen LogP contribution is 2.17. The Morgan fingerprint density at radius 3 is 1.72 bits per heavy atom. The van der Waals surface area contributed by atoms with Crippen molar-refractivity contribution in [3.8, 4) is 0 Å². The molecule has 0 spiro atoms. The highest BCUT2D eigenvalue weighted by Gasteiger charge is 2.16. The lowest BCUT2D eigenvalue weighted by Gasteiger charge is -2.11. The lowest BCUT2D eigenvalue weighted by molar-refractivity contribution is 0.102. The van der Waals surface area contributed by atoms with Crippen LogP contribution in [0.25, 0.3) is 0 Å². The minimum Gasteiger partial charge on any atom is -0.322 e. The summed E-state index contributed by atoms with van der Waals surface area (Å²) in [5, 5.41) is 8.16. The molecule has 32 heavy (non-hydrogen) atoms. The zero-order valence-corrected chi connectivity index (χ0v) is 18.4. The molecule has 8 nitrogen and oxygen atoms in total. The number of urea groups is 1. The lowest BCUT2D eigenvalue weighted by atomic mass is 10.2. The molecule has 4 N–H and O–H groups in total. The molecule has 3 aromatic rings. The van der Waals surface area contributed by atoms with Crippen LogP contribution in [-0.2, 0) is 10.0 Å². The molecule has 9 heteroatoms. The Hall–Kier alpha value is -3.69. The number of rotatable bonds is 7. The normalized spacial score (nSPS) is 11.1. The predicted molar refractivity (Wildman–Crippen MR) is 125 cm³/mol. The molecule has 0 saturated carbocycles. The number of nitrogens with one attached hydrogen (secondary N) is 4. The first-order valence-corrected chi connectivity index (χ1v) is 11.4. The summed E-state index contributed by atoms with van der Waals surface area (Å²) in [6, 6.07) is 20.8. The molecule has 0 aliphatic rings. The molecular formula is C23H24N4O4S. The van der Waals surface area contributed by atoms with Crippen molar-refractivity contribution in [2.45, 2.75) is 24.8 Å². The summed E-state index contributed by atoms with van der Waals surface area (Å²) in [6.45, 7) is 3.46. The zero-order valence-electron chi connectivity index (χ0n) is 17.6. The quantitative estimate of drug-likeness (QED) is 0.428. The van der Waals surface area contributed by atoms with Crippen LogP contribution in [0.5, 0.6) is 0 Å². The average molecular weight is 453 g/mol. The maximum atomic E-state index is 12.5. The summed E-state index contributed by atoms with van der Waals surface area (Å²) >= 11 is 0. The lowest BCUT2D eigenvalue weighted by Crippen LogP contribution is -2.30. The molecule has 0 aromatic heterocycles. The van der Waals surface area contributed by atoms with Gasteiger partial charge in [0, 0.05) is 28.7 Å². The standard InChI is InChI=1S/C23H24N4O4S/c1-16(2)27-32(30,31)21-14-8-17(9-15-21)22(28)24-19-10-12-20(13-11-19)26-23(29)25-18-6-4-3-5-7-18/h3-16,27H,1-2H3,(H,24,28)(H2,25,26,29). The van der Waals surface area contributed by atoms with Crippen LogP contribution in [0.2, 0.25) is 0 Å². The summed E-state index contributed by atoms with van der Waals surface area (Å²) in [6.07, 6.45) is 0. The van der Waals surface area contributed by atoms with Crippen molar-refractivity contribution in [3.05, 3.63) is 84.4 Å². The summed E-state index contributed by atoms with van der Waals surface area (Å²) in [7, 11) is -3.62. The van der Waals surface area contributed by atoms with E-state index in [4.69, 9.17) is 0 Å². The molecule has 0 fully saturated rings. The van der Waals surface area contributed by atoms with E-state index in [0.29, 0.717) is 22.6 Å². The number of hydrogen-bond donors (Lipinski definition) is 4. The fraction of sp³-hybridized carbons (Fsp3) is 0.130. The highest BCUT2D eigenvalue weighted by atomic mass is 32.2. The third-order valence-electron chi connectivity index (χ3n) is 4.25. The van der Waals surface area contributed by atoms with E-state index in [1.165, 1.54) is 24.3 Å². The van der Waals surface area contributed by atoms with Crippen molar-refractivity contribution in [3.63, 3.8) is 0 Å². The highest BCUT2D eigenvalue weighted by molar-refractivity contribution is 7.89. The van der Waals surface area contributed by atoms with Gasteiger partial charge in [0.2, 0.25) is 10.0 Å². The van der Waals surface area contributed by atoms with E-state index in [1.54, 1.807) is 50.2 Å². The van der Waals surface area contributed by atoms with Crippen LogP contribution in [0.4, 0.5) is 21.9 Å². The maximum Gasteiger partial charge on any atom is 0.323 e. The Kier molecular flexibility index (Phi) is 7.24. The van der Waals surface area contributed by atoms with Gasteiger partial charge < -0.3 is 16.0 Å². The van der Waals surface area contributed by atoms with Crippen LogP contribution in [0.15, 0.2) is 83.8 Å². The zero-order chi connectivity index (χ0) is 23.1. The van der Waals surface area contributed by atoms with E-state index in [9.17, 15) is 18.0 Å². The monoisotopic (exact) mass is 452 g/mol. The van der Waals surface area contributed by atoms with Gasteiger partial charge in [-0.05, 0) is 74.5 Å². The number of carbonyl (C=O) groups is 2. The molecular weight excluding hydrogens is 428 g/mol. The van der Waals surface area contributed by atoms with Crippen molar-refractivity contribution >= 4 is 39.0 Å². The molecule has 0 bridgehead atoms. The molecule has 166 valence electrons. The SMILES string of the molecule is CC(C)NS(=O)(=O)c1ccc(C(=O)Nc2ccc(NC(=O)Nc3ccccc3)cc2)cc1. The molecule has 3 amide bonds. The number of carbonyl (C=O) groups excluding carboxylic acids is 2. The first-order valence-electron chi connectivity index (χ1n) is 9.90. The molecule has 0 aliphatic carbocycles. The van der Waals surface area contributed by atoms with Crippen molar-refractivity contribution in [2.24, 2.45) is 0 Å². The fourth-order valence-electron chi connectivity index (χ4n) is 2.82. The number of anilines is 3. The Morgan fingerprint density at radius 2 is 1.19 bits per heavy atom. The predicted octanol–water partition coefficient (Wildman–Crippen LogP) is 4.27. The molecule has 0 heterocycles. The van der Waals surface area contributed by atoms with Gasteiger partial charge in [-0.1, -0.05) is 18.2 Å². The molecule has 0 saturated heterocycles. The van der Waals surface area contributed by atoms with Crippen LogP contribution < -0.4 is 20.7 Å². The average Bonchev–Trinajstić information content (AvgIpc) is 2.75. The number of para-hydroxylation sites is 1. The van der Waals surface area contributed by atoms with Crippen LogP contribution in [-0.4, -0.2) is 26.4 Å². The molecule has 0 atom stereocenters. The summed E-state index contributed by atoms with van der Waals surface area (Å²) < 4.78 is 26.9. The van der Waals surface area contributed by atoms with Crippen LogP contribution in [0, 0.1) is 0 Å². The number of amides is 3. The first-order chi connectivity index (χ1) is 15.2. The van der Waals surface area contributed by atoms with Gasteiger partial charge >= 0.3 is 6.03 Å². The van der Waals surface area contributed by atoms with Gasteiger partial charge in [0.05, 0.1) is 4.90 Å². The van der Waals surface area contributed by atoms with Gasteiger partial charge in [-0.2, -0.15) is 0 Å². The molecule has 0 aliphatic heterocycles. The smallest absolute Gasteiger partial charge is 0.322 e. The van der Waals surface area contributed by atoms with Gasteiger partial charge in [-0.3, -0.25) is 4.79 Å². The van der Waals surface area contributed by atoms with E-state index in [2.05, 4.69) is 20.7 Å². The van der Waals surface area contributed by atoms with Crippen molar-refractivity contribution in [1.29, 1.82) is 0 Å². The van der Waals surface area contributed by atoms with E-state index in [0.717, 1.165) is 0 Å². The summed E-state index contributed by atoms with van der Waals surface area (Å²) in [5.74, 6) is -0.381. The van der Waals surface area contributed by atoms with Crippen LogP contribution in [0.1, 0.15) is 24.2 Å². The van der Waals surface area contributed by atoms with Gasteiger partial charge in [0.1, 0.15) is 0 Å². The van der Waals surface area contributed by atoms with Crippen molar-refractivity contribution in [1.82, 2.24) is 4.72 Å². The van der Waals surface area contributed by atoms with E-state index in [-0.39, 0.29) is 22.9 Å². The summed E-state index contributed by atoms with van der Waals surface area (Å²) in [4.78, 5) is 24.6. The first kappa shape index (κ1) is 23.0. The number of sulfonamides is 1. The minimum absolute atomic E-state index is 0.0898. The molecule has 3 rings (SSSR count). The van der Waals surface area contributed by atoms with Gasteiger partial charge in [0.15, 0.2) is 0 Å². The van der Waals surface area contributed by atoms with Crippen molar-refractivity contribution in [2.75, 3.05) is 16.0 Å². The third kappa shape index (κ3) is 6.40. The topological polar surface area (TPSA) is 116 Å².